The molecule has 3 aliphatic rings. The van der Waals surface area contributed by atoms with E-state index in [1.807, 2.05) is 42.5 Å². The van der Waals surface area contributed by atoms with Crippen LogP contribution >= 0.6 is 0 Å². The Labute approximate surface area is 372 Å². The Bertz CT molecular complexity index is 2290. The number of ether oxygens (including phenoxy) is 4. The van der Waals surface area contributed by atoms with Crippen LogP contribution in [0.4, 0.5) is 14.9 Å². The SMILES string of the molecule is C=CCO[C@@]12Oc3ccc(OCc4ccccc4F)cc3[C@H]3[C@H](CCCCO)[C@@H](CCCCO)C=C(C(=NOCc4ccc([N+](=O)[O-])cc4)C[C@@H]1N(C)C(=O)OCc1ccccc1)[C@H]32. The molecule has 1 aliphatic heterocycles. The average Bonchev–Trinajstić information content (AvgIpc) is 3.31. The summed E-state index contributed by atoms with van der Waals surface area (Å²) in [5, 5.41) is 36.0. The number of halogens is 1. The van der Waals surface area contributed by atoms with E-state index in [1.54, 1.807) is 49.5 Å². The highest BCUT2D eigenvalue weighted by Gasteiger charge is 2.65. The number of non-ortho nitro benzene ring substituents is 1. The molecule has 13 nitrogen and oxygen atoms in total. The maximum absolute atomic E-state index is 14.7. The summed E-state index contributed by atoms with van der Waals surface area (Å²) in [7, 11) is 1.66. The van der Waals surface area contributed by atoms with Gasteiger partial charge in [-0.1, -0.05) is 78.7 Å². The van der Waals surface area contributed by atoms with Crippen LogP contribution in [0.2, 0.25) is 0 Å². The van der Waals surface area contributed by atoms with E-state index in [9.17, 15) is 29.5 Å². The fraction of sp³-hybridized carbons (Fsp3) is 0.400. The number of aliphatic hydroxyl groups is 2. The number of nitro groups is 1. The monoisotopic (exact) mass is 877 g/mol. The lowest BCUT2D eigenvalue weighted by Crippen LogP contribution is -2.69. The molecule has 14 heteroatoms. The van der Waals surface area contributed by atoms with Crippen LogP contribution in [0, 0.1) is 33.7 Å². The predicted molar refractivity (Wildman–Crippen MR) is 238 cm³/mol. The Morgan fingerprint density at radius 2 is 1.67 bits per heavy atom. The van der Waals surface area contributed by atoms with Crippen molar-refractivity contribution in [1.82, 2.24) is 4.90 Å². The molecule has 64 heavy (non-hydrogen) atoms. The molecule has 2 aliphatic carbocycles. The normalized spacial score (nSPS) is 22.6. The standard InChI is InChI=1S/C50H56FN3O10/c1-3-27-62-50-46(53(2)49(57)61-31-34-13-5-4-6-14-34)30-44(52-63-32-35-19-21-38(22-20-35)54(58)59)41-28-36(15-9-11-25-55)40(17-10-12-26-56)47(48(41)50)42-29-39(23-24-45(42)64-50)60-33-37-16-7-8-18-43(37)51/h3-8,13-14,16,18-24,28-29,36,40,46-48,55-56H,1,9-12,15,17,25-27,30-33H2,2H3/t36-,40+,46-,47+,48+,50+/m0/s1. The first-order valence-corrected chi connectivity index (χ1v) is 21.9. The molecule has 7 rings (SSSR count). The number of allylic oxidation sites excluding steroid dienone is 1. The van der Waals surface area contributed by atoms with Gasteiger partial charge in [-0.2, -0.15) is 0 Å². The lowest BCUT2D eigenvalue weighted by atomic mass is 9.55. The van der Waals surface area contributed by atoms with Crippen molar-refractivity contribution in [2.75, 3.05) is 26.9 Å². The zero-order chi connectivity index (χ0) is 45.1. The van der Waals surface area contributed by atoms with Gasteiger partial charge in [0.2, 0.25) is 5.79 Å². The molecule has 0 radical (unpaired) electrons. The Balaban J connectivity index is 1.36. The van der Waals surface area contributed by atoms with E-state index in [1.165, 1.54) is 23.1 Å². The number of rotatable bonds is 21. The van der Waals surface area contributed by atoms with Gasteiger partial charge in [-0.3, -0.25) is 10.1 Å². The molecule has 2 N–H and O–H groups in total. The van der Waals surface area contributed by atoms with Crippen LogP contribution in [0.25, 0.3) is 0 Å². The minimum Gasteiger partial charge on any atom is -0.489 e. The summed E-state index contributed by atoms with van der Waals surface area (Å²) >= 11 is 0. The van der Waals surface area contributed by atoms with Crippen LogP contribution in [0.15, 0.2) is 127 Å². The Hall–Kier alpha value is -6.09. The lowest BCUT2D eigenvalue weighted by molar-refractivity contribution is -0.384. The van der Waals surface area contributed by atoms with Crippen molar-refractivity contribution in [3.8, 4) is 11.5 Å². The van der Waals surface area contributed by atoms with Gasteiger partial charge in [0.15, 0.2) is 0 Å². The van der Waals surface area contributed by atoms with E-state index in [-0.39, 0.29) is 75.3 Å². The van der Waals surface area contributed by atoms with Crippen molar-refractivity contribution < 1.29 is 48.1 Å². The summed E-state index contributed by atoms with van der Waals surface area (Å²) in [6.07, 6.45) is 7.61. The average molecular weight is 878 g/mol. The number of likely N-dealkylation sites (N-methyl/N-ethyl adjacent to an activating group) is 1. The molecule has 1 heterocycles. The minimum atomic E-state index is -1.50. The number of hydrogen-bond donors (Lipinski definition) is 2. The molecule has 0 bridgehead atoms. The van der Waals surface area contributed by atoms with E-state index < -0.39 is 28.8 Å². The summed E-state index contributed by atoms with van der Waals surface area (Å²) in [6, 6.07) is 26.7. The number of unbranched alkanes of at least 4 members (excludes halogenated alkanes) is 2. The Morgan fingerprint density at radius 1 is 0.953 bits per heavy atom. The highest BCUT2D eigenvalue weighted by Crippen LogP contribution is 2.62. The van der Waals surface area contributed by atoms with Gasteiger partial charge in [0.05, 0.1) is 23.2 Å². The van der Waals surface area contributed by atoms with E-state index in [0.717, 1.165) is 42.4 Å². The summed E-state index contributed by atoms with van der Waals surface area (Å²) in [6.45, 7) is 4.21. The first-order chi connectivity index (χ1) is 31.2. The van der Waals surface area contributed by atoms with E-state index in [2.05, 4.69) is 12.7 Å². The second-order valence-corrected chi connectivity index (χ2v) is 16.5. The molecule has 6 atom stereocenters. The number of hydrogen-bond acceptors (Lipinski definition) is 11. The number of carbonyl (C=O) groups excluding carboxylic acids is 1. The van der Waals surface area contributed by atoms with Crippen LogP contribution in [0.3, 0.4) is 0 Å². The number of fused-ring (bicyclic) bond motifs is 2. The molecular formula is C50H56FN3O10. The van der Waals surface area contributed by atoms with Crippen molar-refractivity contribution in [1.29, 1.82) is 0 Å². The van der Waals surface area contributed by atoms with Gasteiger partial charge in [0, 0.05) is 55.9 Å². The maximum atomic E-state index is 14.7. The van der Waals surface area contributed by atoms with Gasteiger partial charge >= 0.3 is 6.09 Å². The highest BCUT2D eigenvalue weighted by atomic mass is 19.1. The molecule has 1 saturated carbocycles. The molecule has 1 fully saturated rings. The van der Waals surface area contributed by atoms with Crippen LogP contribution in [-0.4, -0.2) is 70.5 Å². The van der Waals surface area contributed by atoms with E-state index in [0.29, 0.717) is 41.2 Å². The predicted octanol–water partition coefficient (Wildman–Crippen LogP) is 9.42. The fourth-order valence-electron chi connectivity index (χ4n) is 9.44. The lowest BCUT2D eigenvalue weighted by Gasteiger charge is -2.59. The summed E-state index contributed by atoms with van der Waals surface area (Å²) in [5.41, 5.74) is 4.11. The molecular weight excluding hydrogens is 822 g/mol. The zero-order valence-electron chi connectivity index (χ0n) is 36.1. The number of benzene rings is 4. The number of carbonyl (C=O) groups is 1. The molecule has 0 saturated heterocycles. The maximum Gasteiger partial charge on any atom is 0.410 e. The molecule has 0 spiro atoms. The largest absolute Gasteiger partial charge is 0.489 e. The number of oxime groups is 1. The number of nitro benzene ring substituents is 1. The Kier molecular flexibility index (Phi) is 15.4. The van der Waals surface area contributed by atoms with E-state index in [4.69, 9.17) is 28.9 Å². The van der Waals surface area contributed by atoms with Crippen LogP contribution in [-0.2, 0) is 34.1 Å². The van der Waals surface area contributed by atoms with Crippen molar-refractivity contribution in [2.45, 2.75) is 82.5 Å². The number of aliphatic hydroxyl groups excluding tert-OH is 2. The molecule has 0 aromatic heterocycles. The number of amides is 1. The van der Waals surface area contributed by atoms with Gasteiger partial charge in [0.25, 0.3) is 5.69 Å². The third-order valence-electron chi connectivity index (χ3n) is 12.5. The summed E-state index contributed by atoms with van der Waals surface area (Å²) in [5.74, 6) is -1.77. The van der Waals surface area contributed by atoms with Gasteiger partial charge in [-0.25, -0.2) is 9.18 Å². The second kappa shape index (κ2) is 21.5. The first-order valence-electron chi connectivity index (χ1n) is 21.9. The first kappa shape index (κ1) is 45.9. The molecule has 1 amide bonds. The summed E-state index contributed by atoms with van der Waals surface area (Å²) in [4.78, 5) is 32.7. The topological polar surface area (TPSA) is 162 Å². The quantitative estimate of drug-likeness (QED) is 0.0357. The van der Waals surface area contributed by atoms with Gasteiger partial charge < -0.3 is 38.9 Å². The number of nitrogens with zero attached hydrogens (tertiary/aromatic N) is 3. The Morgan fingerprint density at radius 3 is 2.39 bits per heavy atom. The third-order valence-corrected chi connectivity index (χ3v) is 12.5. The molecule has 338 valence electrons. The van der Waals surface area contributed by atoms with Crippen LogP contribution in [0.1, 0.15) is 73.1 Å². The highest BCUT2D eigenvalue weighted by molar-refractivity contribution is 6.03. The third kappa shape index (κ3) is 10.3. The summed E-state index contributed by atoms with van der Waals surface area (Å²) < 4.78 is 41.1. The second-order valence-electron chi connectivity index (χ2n) is 16.5. The van der Waals surface area contributed by atoms with Gasteiger partial charge in [0.1, 0.15) is 43.2 Å². The fourth-order valence-corrected chi connectivity index (χ4v) is 9.44. The molecule has 4 aromatic rings. The van der Waals surface area contributed by atoms with Crippen molar-refractivity contribution in [3.63, 3.8) is 0 Å². The van der Waals surface area contributed by atoms with Crippen molar-refractivity contribution >= 4 is 17.5 Å². The van der Waals surface area contributed by atoms with Crippen molar-refractivity contribution in [2.24, 2.45) is 22.9 Å². The molecule has 0 unspecified atom stereocenters. The molecule has 4 aromatic carbocycles. The van der Waals surface area contributed by atoms with Crippen molar-refractivity contribution in [3.05, 3.63) is 160 Å². The van der Waals surface area contributed by atoms with Gasteiger partial charge in [-0.05, 0) is 90.6 Å². The smallest absolute Gasteiger partial charge is 0.410 e. The van der Waals surface area contributed by atoms with E-state index >= 15 is 0 Å². The van der Waals surface area contributed by atoms with Gasteiger partial charge in [-0.15, -0.1) is 6.58 Å². The van der Waals surface area contributed by atoms with Crippen LogP contribution < -0.4 is 9.47 Å². The van der Waals surface area contributed by atoms with Crippen LogP contribution in [0.5, 0.6) is 11.5 Å². The zero-order valence-corrected chi connectivity index (χ0v) is 36.1. The minimum absolute atomic E-state index is 0.00251.